The number of hydrogen-bond acceptors (Lipinski definition) is 2. The molecule has 3 N–H and O–H groups in total. The van der Waals surface area contributed by atoms with Gasteiger partial charge in [0.2, 0.25) is 0 Å². The average molecular weight is 283 g/mol. The van der Waals surface area contributed by atoms with E-state index in [9.17, 15) is 0 Å². The number of hydrazine groups is 1. The summed E-state index contributed by atoms with van der Waals surface area (Å²) in [4.78, 5) is 0. The van der Waals surface area contributed by atoms with Gasteiger partial charge in [0.25, 0.3) is 0 Å². The summed E-state index contributed by atoms with van der Waals surface area (Å²) in [7, 11) is 0. The number of unbranched alkanes of at least 4 members (excludes halogenated alkanes) is 5. The molecule has 0 heterocycles. The molecule has 1 aromatic carbocycles. The first-order chi connectivity index (χ1) is 9.20. The Kier molecular flexibility index (Phi) is 8.11. The van der Waals surface area contributed by atoms with Crippen LogP contribution >= 0.6 is 11.6 Å². The van der Waals surface area contributed by atoms with E-state index in [1.807, 2.05) is 19.1 Å². The summed E-state index contributed by atoms with van der Waals surface area (Å²) < 4.78 is 0. The highest BCUT2D eigenvalue weighted by Gasteiger charge is 2.13. The number of halogens is 1. The number of hydrogen-bond donors (Lipinski definition) is 2. The molecule has 1 unspecified atom stereocenters. The molecule has 1 atom stereocenters. The molecule has 0 amide bonds. The Morgan fingerprint density at radius 3 is 2.53 bits per heavy atom. The molecule has 1 aromatic rings. The number of nitrogens with one attached hydrogen (secondary N) is 1. The molecule has 0 fully saturated rings. The van der Waals surface area contributed by atoms with Gasteiger partial charge >= 0.3 is 0 Å². The molecule has 108 valence electrons. The van der Waals surface area contributed by atoms with Crippen molar-refractivity contribution in [3.8, 4) is 0 Å². The molecule has 1 rings (SSSR count). The van der Waals surface area contributed by atoms with Gasteiger partial charge in [0.05, 0.1) is 0 Å². The zero-order chi connectivity index (χ0) is 14.1. The molecule has 0 aliphatic carbocycles. The van der Waals surface area contributed by atoms with E-state index in [0.717, 1.165) is 22.6 Å². The predicted molar refractivity (Wildman–Crippen MR) is 84.2 cm³/mol. The van der Waals surface area contributed by atoms with E-state index in [-0.39, 0.29) is 6.04 Å². The highest BCUT2D eigenvalue weighted by Crippen LogP contribution is 2.28. The highest BCUT2D eigenvalue weighted by molar-refractivity contribution is 6.32. The summed E-state index contributed by atoms with van der Waals surface area (Å²) in [5.41, 5.74) is 5.14. The molecule has 0 aliphatic heterocycles. The molecule has 0 aliphatic rings. The first kappa shape index (κ1) is 16.5. The van der Waals surface area contributed by atoms with Crippen LogP contribution in [0.3, 0.4) is 0 Å². The second kappa shape index (κ2) is 9.35. The van der Waals surface area contributed by atoms with E-state index in [4.69, 9.17) is 17.4 Å². The first-order valence-electron chi connectivity index (χ1n) is 7.41. The van der Waals surface area contributed by atoms with Gasteiger partial charge in [-0.2, -0.15) is 0 Å². The van der Waals surface area contributed by atoms with Crippen molar-refractivity contribution in [3.63, 3.8) is 0 Å². The van der Waals surface area contributed by atoms with E-state index < -0.39 is 0 Å². The molecule has 0 bridgehead atoms. The summed E-state index contributed by atoms with van der Waals surface area (Å²) in [6.07, 6.45) is 8.85. The summed E-state index contributed by atoms with van der Waals surface area (Å²) in [5.74, 6) is 5.68. The van der Waals surface area contributed by atoms with E-state index in [1.165, 1.54) is 38.5 Å². The second-order valence-corrected chi connectivity index (χ2v) is 5.63. The van der Waals surface area contributed by atoms with Gasteiger partial charge in [-0.15, -0.1) is 0 Å². The zero-order valence-electron chi connectivity index (χ0n) is 12.2. The van der Waals surface area contributed by atoms with Gasteiger partial charge in [-0.1, -0.05) is 75.2 Å². The van der Waals surface area contributed by atoms with Crippen molar-refractivity contribution in [1.29, 1.82) is 0 Å². The fraction of sp³-hybridized carbons (Fsp3) is 0.625. The molecule has 19 heavy (non-hydrogen) atoms. The maximum Gasteiger partial charge on any atom is 0.0483 e. The quantitative estimate of drug-likeness (QED) is 0.384. The van der Waals surface area contributed by atoms with Crippen LogP contribution in [0.2, 0.25) is 5.02 Å². The maximum atomic E-state index is 6.35. The van der Waals surface area contributed by atoms with Crippen molar-refractivity contribution in [2.75, 3.05) is 0 Å². The summed E-state index contributed by atoms with van der Waals surface area (Å²) in [6, 6.07) is 6.31. The lowest BCUT2D eigenvalue weighted by Gasteiger charge is -2.18. The lowest BCUT2D eigenvalue weighted by Crippen LogP contribution is -2.28. The van der Waals surface area contributed by atoms with E-state index in [1.54, 1.807) is 0 Å². The average Bonchev–Trinajstić information content (AvgIpc) is 2.42. The molecule has 3 heteroatoms. The van der Waals surface area contributed by atoms with Crippen LogP contribution in [-0.4, -0.2) is 0 Å². The SMILES string of the molecule is CCCCCCCCC(NN)c1cccc(C)c1Cl. The Morgan fingerprint density at radius 2 is 1.84 bits per heavy atom. The number of benzene rings is 1. The van der Waals surface area contributed by atoms with Crippen LogP contribution in [0.5, 0.6) is 0 Å². The molecule has 0 spiro atoms. The van der Waals surface area contributed by atoms with Crippen LogP contribution in [0.4, 0.5) is 0 Å². The highest BCUT2D eigenvalue weighted by atomic mass is 35.5. The normalized spacial score (nSPS) is 12.6. The molecule has 0 saturated carbocycles. The van der Waals surface area contributed by atoms with Gasteiger partial charge in [0.1, 0.15) is 0 Å². The van der Waals surface area contributed by atoms with Crippen molar-refractivity contribution in [1.82, 2.24) is 5.43 Å². The zero-order valence-corrected chi connectivity index (χ0v) is 13.0. The number of rotatable bonds is 9. The van der Waals surface area contributed by atoms with Crippen molar-refractivity contribution in [2.45, 2.75) is 64.8 Å². The third-order valence-corrected chi connectivity index (χ3v) is 4.16. The van der Waals surface area contributed by atoms with E-state index in [0.29, 0.717) is 0 Å². The Labute approximate surface area is 122 Å². The molecule has 0 saturated heterocycles. The Balaban J connectivity index is 2.43. The molecule has 0 aromatic heterocycles. The van der Waals surface area contributed by atoms with Crippen molar-refractivity contribution >= 4 is 11.6 Å². The van der Waals surface area contributed by atoms with Gasteiger partial charge in [-0.3, -0.25) is 11.3 Å². The van der Waals surface area contributed by atoms with Crippen LogP contribution < -0.4 is 11.3 Å². The molecular weight excluding hydrogens is 256 g/mol. The van der Waals surface area contributed by atoms with Crippen LogP contribution in [0.15, 0.2) is 18.2 Å². The maximum absolute atomic E-state index is 6.35. The summed E-state index contributed by atoms with van der Waals surface area (Å²) in [5, 5.41) is 0.844. The Hall–Kier alpha value is -0.570. The standard InChI is InChI=1S/C16H27ClN2/c1-3-4-5-6-7-8-12-15(19-18)14-11-9-10-13(2)16(14)17/h9-11,15,19H,3-8,12,18H2,1-2H3. The monoisotopic (exact) mass is 282 g/mol. The second-order valence-electron chi connectivity index (χ2n) is 5.25. The summed E-state index contributed by atoms with van der Waals surface area (Å²) in [6.45, 7) is 4.28. The smallest absolute Gasteiger partial charge is 0.0483 e. The largest absolute Gasteiger partial charge is 0.271 e. The van der Waals surface area contributed by atoms with Crippen molar-refractivity contribution in [3.05, 3.63) is 34.3 Å². The fourth-order valence-corrected chi connectivity index (χ4v) is 2.65. The van der Waals surface area contributed by atoms with Crippen LogP contribution in [0, 0.1) is 6.92 Å². The Morgan fingerprint density at radius 1 is 1.16 bits per heavy atom. The fourth-order valence-electron chi connectivity index (χ4n) is 2.40. The third-order valence-electron chi connectivity index (χ3n) is 3.64. The molecule has 2 nitrogen and oxygen atoms in total. The number of nitrogens with two attached hydrogens (primary N) is 1. The van der Waals surface area contributed by atoms with Gasteiger partial charge in [-0.25, -0.2) is 0 Å². The van der Waals surface area contributed by atoms with Gasteiger partial charge in [0, 0.05) is 11.1 Å². The van der Waals surface area contributed by atoms with E-state index >= 15 is 0 Å². The van der Waals surface area contributed by atoms with Gasteiger partial charge in [-0.05, 0) is 24.5 Å². The van der Waals surface area contributed by atoms with Crippen LogP contribution in [0.25, 0.3) is 0 Å². The predicted octanol–water partition coefficient (Wildman–Crippen LogP) is 4.90. The molecule has 0 radical (unpaired) electrons. The first-order valence-corrected chi connectivity index (χ1v) is 7.79. The van der Waals surface area contributed by atoms with Crippen molar-refractivity contribution in [2.24, 2.45) is 5.84 Å². The minimum absolute atomic E-state index is 0.165. The van der Waals surface area contributed by atoms with Gasteiger partial charge < -0.3 is 0 Å². The minimum Gasteiger partial charge on any atom is -0.271 e. The Bertz CT molecular complexity index is 366. The van der Waals surface area contributed by atoms with Crippen molar-refractivity contribution < 1.29 is 0 Å². The molecular formula is C16H27ClN2. The van der Waals surface area contributed by atoms with Crippen LogP contribution in [0.1, 0.15) is 69.0 Å². The van der Waals surface area contributed by atoms with Gasteiger partial charge in [0.15, 0.2) is 0 Å². The third kappa shape index (κ3) is 5.52. The topological polar surface area (TPSA) is 38.0 Å². The lowest BCUT2D eigenvalue weighted by atomic mass is 9.98. The van der Waals surface area contributed by atoms with Crippen LogP contribution in [-0.2, 0) is 0 Å². The summed E-state index contributed by atoms with van der Waals surface area (Å²) >= 11 is 6.35. The lowest BCUT2D eigenvalue weighted by molar-refractivity contribution is 0.477. The number of aryl methyl sites for hydroxylation is 1. The minimum atomic E-state index is 0.165. The van der Waals surface area contributed by atoms with E-state index in [2.05, 4.69) is 18.4 Å².